The Hall–Kier alpha value is -3.07. The summed E-state index contributed by atoms with van der Waals surface area (Å²) in [6.07, 6.45) is 0.705. The van der Waals surface area contributed by atoms with Gasteiger partial charge in [-0.25, -0.2) is 0 Å². The maximum absolute atomic E-state index is 11.6. The number of anilines is 1. The van der Waals surface area contributed by atoms with Gasteiger partial charge in [0.05, 0.1) is 6.10 Å². The molecule has 3 rings (SSSR count). The van der Waals surface area contributed by atoms with Crippen molar-refractivity contribution in [1.29, 1.82) is 0 Å². The number of aliphatic hydroxyl groups is 1. The Bertz CT molecular complexity index is 731. The van der Waals surface area contributed by atoms with Crippen molar-refractivity contribution in [2.45, 2.75) is 12.5 Å². The van der Waals surface area contributed by atoms with Crippen LogP contribution in [-0.2, 0) is 9.59 Å². The van der Waals surface area contributed by atoms with E-state index in [2.05, 4.69) is 20.3 Å². The molecule has 0 radical (unpaired) electrons. The summed E-state index contributed by atoms with van der Waals surface area (Å²) < 4.78 is 15.0. The fourth-order valence-corrected chi connectivity index (χ4v) is 2.14. The van der Waals surface area contributed by atoms with Crippen LogP contribution in [0, 0.1) is 0 Å². The standard InChI is InChI=1S/C15H15N3O6/c19-10(9-1-2-11-12(7-9)23-8-22-11)3-5-16-14(20)15(21)17-13-4-6-24-18-13/h1-2,4,6-7,10,19H,3,5,8H2,(H,16,20)(H,17,18,21). The highest BCUT2D eigenvalue weighted by molar-refractivity contribution is 6.39. The van der Waals surface area contributed by atoms with Crippen LogP contribution in [0.4, 0.5) is 5.82 Å². The number of aliphatic hydroxyl groups excluding tert-OH is 1. The lowest BCUT2D eigenvalue weighted by Crippen LogP contribution is -2.36. The van der Waals surface area contributed by atoms with Gasteiger partial charge >= 0.3 is 11.8 Å². The van der Waals surface area contributed by atoms with Gasteiger partial charge in [0.15, 0.2) is 17.3 Å². The molecule has 1 aliphatic heterocycles. The summed E-state index contributed by atoms with van der Waals surface area (Å²) in [6, 6.07) is 6.53. The van der Waals surface area contributed by atoms with Gasteiger partial charge in [0.1, 0.15) is 6.26 Å². The first-order valence-electron chi connectivity index (χ1n) is 7.20. The Morgan fingerprint density at radius 2 is 2.04 bits per heavy atom. The molecule has 0 aliphatic carbocycles. The van der Waals surface area contributed by atoms with Crippen LogP contribution in [0.2, 0.25) is 0 Å². The first-order valence-corrected chi connectivity index (χ1v) is 7.20. The van der Waals surface area contributed by atoms with Crippen LogP contribution in [-0.4, -0.2) is 35.4 Å². The van der Waals surface area contributed by atoms with Crippen LogP contribution in [0.25, 0.3) is 0 Å². The van der Waals surface area contributed by atoms with E-state index >= 15 is 0 Å². The van der Waals surface area contributed by atoms with Gasteiger partial charge in [0.2, 0.25) is 6.79 Å². The van der Waals surface area contributed by atoms with Gasteiger partial charge in [-0.2, -0.15) is 0 Å². The molecule has 9 heteroatoms. The van der Waals surface area contributed by atoms with Crippen LogP contribution < -0.4 is 20.1 Å². The van der Waals surface area contributed by atoms with E-state index in [1.54, 1.807) is 18.2 Å². The second-order valence-corrected chi connectivity index (χ2v) is 5.01. The minimum atomic E-state index is -0.860. The van der Waals surface area contributed by atoms with E-state index in [0.717, 1.165) is 0 Å². The summed E-state index contributed by atoms with van der Waals surface area (Å²) in [5.41, 5.74) is 0.639. The number of hydrogen-bond acceptors (Lipinski definition) is 7. The number of hydrogen-bond donors (Lipinski definition) is 3. The van der Waals surface area contributed by atoms with Gasteiger partial charge in [-0.3, -0.25) is 14.9 Å². The smallest absolute Gasteiger partial charge is 0.314 e. The first kappa shape index (κ1) is 15.8. The molecule has 0 bridgehead atoms. The van der Waals surface area contributed by atoms with Gasteiger partial charge in [-0.1, -0.05) is 11.2 Å². The molecule has 1 aromatic heterocycles. The van der Waals surface area contributed by atoms with E-state index in [9.17, 15) is 14.7 Å². The largest absolute Gasteiger partial charge is 0.454 e. The van der Waals surface area contributed by atoms with Crippen molar-refractivity contribution in [3.8, 4) is 11.5 Å². The molecule has 24 heavy (non-hydrogen) atoms. The van der Waals surface area contributed by atoms with E-state index in [1.807, 2.05) is 0 Å². The third kappa shape index (κ3) is 3.63. The number of nitrogens with one attached hydrogen (secondary N) is 2. The Morgan fingerprint density at radius 1 is 1.21 bits per heavy atom. The predicted molar refractivity (Wildman–Crippen MR) is 80.3 cm³/mol. The average Bonchev–Trinajstić information content (AvgIpc) is 3.24. The first-order chi connectivity index (χ1) is 11.6. The fraction of sp³-hybridized carbons (Fsp3) is 0.267. The molecule has 1 aromatic carbocycles. The zero-order valence-electron chi connectivity index (χ0n) is 12.5. The second kappa shape index (κ2) is 7.01. The summed E-state index contributed by atoms with van der Waals surface area (Å²) in [7, 11) is 0. The van der Waals surface area contributed by atoms with Crippen molar-refractivity contribution in [1.82, 2.24) is 10.5 Å². The lowest BCUT2D eigenvalue weighted by atomic mass is 10.1. The SMILES string of the molecule is O=C(NCCC(O)c1ccc2c(c1)OCO2)C(=O)Nc1ccon1. The number of carbonyl (C=O) groups is 2. The van der Waals surface area contributed by atoms with Crippen LogP contribution in [0.15, 0.2) is 35.1 Å². The predicted octanol–water partition coefficient (Wildman–Crippen LogP) is 0.582. The summed E-state index contributed by atoms with van der Waals surface area (Å²) in [6.45, 7) is 0.284. The quantitative estimate of drug-likeness (QED) is 0.684. The van der Waals surface area contributed by atoms with Crippen molar-refractivity contribution in [3.63, 3.8) is 0 Å². The monoisotopic (exact) mass is 333 g/mol. The molecule has 0 saturated heterocycles. The van der Waals surface area contributed by atoms with Crippen LogP contribution in [0.5, 0.6) is 11.5 Å². The minimum absolute atomic E-state index is 0.126. The number of carbonyl (C=O) groups excluding carboxylic acids is 2. The van der Waals surface area contributed by atoms with Crippen LogP contribution in [0.1, 0.15) is 18.1 Å². The summed E-state index contributed by atoms with van der Waals surface area (Å²) in [5.74, 6) is -0.334. The Labute approximate surface area is 136 Å². The van der Waals surface area contributed by atoms with E-state index < -0.39 is 17.9 Å². The maximum Gasteiger partial charge on any atom is 0.314 e. The molecule has 2 amide bonds. The summed E-state index contributed by atoms with van der Waals surface area (Å²) in [4.78, 5) is 23.2. The molecule has 9 nitrogen and oxygen atoms in total. The molecule has 126 valence electrons. The van der Waals surface area contributed by atoms with E-state index in [4.69, 9.17) is 9.47 Å². The Kier molecular flexibility index (Phi) is 4.62. The molecule has 0 fully saturated rings. The summed E-state index contributed by atoms with van der Waals surface area (Å²) >= 11 is 0. The lowest BCUT2D eigenvalue weighted by Gasteiger charge is -2.12. The third-order valence-corrected chi connectivity index (χ3v) is 3.37. The summed E-state index contributed by atoms with van der Waals surface area (Å²) in [5, 5.41) is 18.3. The van der Waals surface area contributed by atoms with Crippen molar-refractivity contribution in [2.75, 3.05) is 18.7 Å². The zero-order valence-corrected chi connectivity index (χ0v) is 12.5. The van der Waals surface area contributed by atoms with Crippen molar-refractivity contribution in [2.24, 2.45) is 0 Å². The van der Waals surface area contributed by atoms with E-state index in [1.165, 1.54) is 12.3 Å². The van der Waals surface area contributed by atoms with Gasteiger partial charge < -0.3 is 24.4 Å². The van der Waals surface area contributed by atoms with Gasteiger partial charge in [0, 0.05) is 12.6 Å². The zero-order chi connectivity index (χ0) is 16.9. The molecule has 1 unspecified atom stereocenters. The molecule has 1 aliphatic rings. The molecular formula is C15H15N3O6. The van der Waals surface area contributed by atoms with Gasteiger partial charge in [0.25, 0.3) is 0 Å². The number of aromatic nitrogens is 1. The number of ether oxygens (including phenoxy) is 2. The number of amides is 2. The molecule has 1 atom stereocenters. The third-order valence-electron chi connectivity index (χ3n) is 3.37. The molecular weight excluding hydrogens is 318 g/mol. The lowest BCUT2D eigenvalue weighted by molar-refractivity contribution is -0.136. The van der Waals surface area contributed by atoms with Gasteiger partial charge in [-0.05, 0) is 24.1 Å². The highest BCUT2D eigenvalue weighted by atomic mass is 16.7. The minimum Gasteiger partial charge on any atom is -0.454 e. The number of benzene rings is 1. The van der Waals surface area contributed by atoms with E-state index in [0.29, 0.717) is 17.1 Å². The molecule has 2 aromatic rings. The number of rotatable bonds is 5. The topological polar surface area (TPSA) is 123 Å². The van der Waals surface area contributed by atoms with Crippen molar-refractivity contribution < 1.29 is 28.7 Å². The Morgan fingerprint density at radius 3 is 2.83 bits per heavy atom. The number of fused-ring (bicyclic) bond motifs is 1. The normalized spacial score (nSPS) is 13.4. The van der Waals surface area contributed by atoms with Crippen LogP contribution >= 0.6 is 0 Å². The molecule has 2 heterocycles. The Balaban J connectivity index is 1.45. The fourth-order valence-electron chi connectivity index (χ4n) is 2.14. The van der Waals surface area contributed by atoms with Gasteiger partial charge in [-0.15, -0.1) is 0 Å². The second-order valence-electron chi connectivity index (χ2n) is 5.01. The maximum atomic E-state index is 11.6. The highest BCUT2D eigenvalue weighted by Gasteiger charge is 2.18. The van der Waals surface area contributed by atoms with Crippen LogP contribution in [0.3, 0.4) is 0 Å². The van der Waals surface area contributed by atoms with Crippen molar-refractivity contribution >= 4 is 17.6 Å². The molecule has 0 saturated carbocycles. The average molecular weight is 333 g/mol. The molecule has 0 spiro atoms. The highest BCUT2D eigenvalue weighted by Crippen LogP contribution is 2.34. The number of nitrogens with zero attached hydrogens (tertiary/aromatic N) is 1. The van der Waals surface area contributed by atoms with E-state index in [-0.39, 0.29) is 25.6 Å². The molecule has 3 N–H and O–H groups in total. The van der Waals surface area contributed by atoms with Crippen molar-refractivity contribution in [3.05, 3.63) is 36.1 Å².